The van der Waals surface area contributed by atoms with Gasteiger partial charge in [0.15, 0.2) is 0 Å². The molecule has 2 aliphatic rings. The van der Waals surface area contributed by atoms with Crippen molar-refractivity contribution in [1.29, 1.82) is 0 Å². The molecule has 0 bridgehead atoms. The fourth-order valence-electron chi connectivity index (χ4n) is 4.07. The second-order valence-electron chi connectivity index (χ2n) is 7.36. The van der Waals surface area contributed by atoms with Crippen molar-refractivity contribution in [3.8, 4) is 0 Å². The van der Waals surface area contributed by atoms with E-state index in [4.69, 9.17) is 4.98 Å². The Morgan fingerprint density at radius 1 is 1.09 bits per heavy atom. The van der Waals surface area contributed by atoms with Gasteiger partial charge in [0, 0.05) is 37.4 Å². The van der Waals surface area contributed by atoms with Crippen molar-refractivity contribution in [3.63, 3.8) is 0 Å². The van der Waals surface area contributed by atoms with Crippen LogP contribution in [-0.2, 0) is 0 Å². The Kier molecular flexibility index (Phi) is 5.35. The van der Waals surface area contributed by atoms with Crippen molar-refractivity contribution in [2.45, 2.75) is 58.4 Å². The van der Waals surface area contributed by atoms with Crippen LogP contribution in [0.4, 0.5) is 5.82 Å². The molecule has 1 aromatic rings. The number of hydrogen-bond donors (Lipinski definition) is 0. The van der Waals surface area contributed by atoms with E-state index in [1.807, 2.05) is 6.20 Å². The molecule has 3 heteroatoms. The van der Waals surface area contributed by atoms with Crippen molar-refractivity contribution in [1.82, 2.24) is 9.88 Å². The average molecular weight is 301 g/mol. The molecular formula is C19H31N3. The third-order valence-corrected chi connectivity index (χ3v) is 5.04. The van der Waals surface area contributed by atoms with Crippen LogP contribution in [0.5, 0.6) is 0 Å². The van der Waals surface area contributed by atoms with Gasteiger partial charge in [-0.1, -0.05) is 26.3 Å². The number of nitrogens with zero attached hydrogens (tertiary/aromatic N) is 3. The molecule has 0 N–H and O–H groups in total. The first-order valence-electron chi connectivity index (χ1n) is 9.19. The standard InChI is InChI=1S/C19H31N3/c1-16(2)15-22-14-7-4-10-18(22)17-9-8-11-20-19(17)21-12-5-3-6-13-21/h8-9,11,16,18H,3-7,10,12-15H2,1-2H3/t18-/m1/s1. The number of piperidine rings is 2. The molecule has 3 heterocycles. The first-order valence-corrected chi connectivity index (χ1v) is 9.19. The van der Waals surface area contributed by atoms with E-state index in [1.54, 1.807) is 0 Å². The molecule has 3 nitrogen and oxygen atoms in total. The molecule has 0 aliphatic carbocycles. The smallest absolute Gasteiger partial charge is 0.133 e. The number of anilines is 1. The lowest BCUT2D eigenvalue weighted by molar-refractivity contribution is 0.132. The number of likely N-dealkylation sites (tertiary alicyclic amines) is 1. The van der Waals surface area contributed by atoms with E-state index in [-0.39, 0.29) is 0 Å². The zero-order valence-corrected chi connectivity index (χ0v) is 14.3. The highest BCUT2D eigenvalue weighted by Crippen LogP contribution is 2.36. The van der Waals surface area contributed by atoms with Crippen LogP contribution in [0.15, 0.2) is 18.3 Å². The number of aromatic nitrogens is 1. The van der Waals surface area contributed by atoms with Gasteiger partial charge >= 0.3 is 0 Å². The topological polar surface area (TPSA) is 19.4 Å². The highest BCUT2D eigenvalue weighted by atomic mass is 15.2. The molecule has 1 aromatic heterocycles. The summed E-state index contributed by atoms with van der Waals surface area (Å²) in [6.07, 6.45) is 9.98. The monoisotopic (exact) mass is 301 g/mol. The van der Waals surface area contributed by atoms with E-state index in [0.717, 1.165) is 5.92 Å². The Morgan fingerprint density at radius 3 is 2.64 bits per heavy atom. The van der Waals surface area contributed by atoms with Gasteiger partial charge in [-0.25, -0.2) is 4.98 Å². The molecule has 2 aliphatic heterocycles. The SMILES string of the molecule is CC(C)CN1CCCC[C@@H]1c1cccnc1N1CCCCC1. The van der Waals surface area contributed by atoms with Gasteiger partial charge in [0.1, 0.15) is 5.82 Å². The van der Waals surface area contributed by atoms with E-state index in [9.17, 15) is 0 Å². The van der Waals surface area contributed by atoms with Crippen LogP contribution in [0.2, 0.25) is 0 Å². The molecule has 2 saturated heterocycles. The molecule has 0 spiro atoms. The Bertz CT molecular complexity index is 466. The summed E-state index contributed by atoms with van der Waals surface area (Å²) in [6.45, 7) is 9.49. The van der Waals surface area contributed by atoms with Crippen molar-refractivity contribution in [3.05, 3.63) is 23.9 Å². The van der Waals surface area contributed by atoms with E-state index in [1.165, 1.54) is 76.1 Å². The summed E-state index contributed by atoms with van der Waals surface area (Å²) in [5, 5.41) is 0. The first-order chi connectivity index (χ1) is 10.8. The summed E-state index contributed by atoms with van der Waals surface area (Å²) in [5.41, 5.74) is 1.48. The molecule has 0 saturated carbocycles. The maximum absolute atomic E-state index is 4.79. The summed E-state index contributed by atoms with van der Waals surface area (Å²) in [4.78, 5) is 10.0. The third kappa shape index (κ3) is 3.62. The largest absolute Gasteiger partial charge is 0.356 e. The summed E-state index contributed by atoms with van der Waals surface area (Å²) in [6, 6.07) is 5.03. The Hall–Kier alpha value is -1.09. The second-order valence-corrected chi connectivity index (χ2v) is 7.36. The van der Waals surface area contributed by atoms with Crippen molar-refractivity contribution < 1.29 is 0 Å². The Balaban J connectivity index is 1.85. The van der Waals surface area contributed by atoms with Gasteiger partial charge in [-0.15, -0.1) is 0 Å². The summed E-state index contributed by atoms with van der Waals surface area (Å²) < 4.78 is 0. The second kappa shape index (κ2) is 7.45. The summed E-state index contributed by atoms with van der Waals surface area (Å²) >= 11 is 0. The molecule has 2 fully saturated rings. The van der Waals surface area contributed by atoms with Crippen LogP contribution in [-0.4, -0.2) is 36.1 Å². The minimum atomic E-state index is 0.571. The quantitative estimate of drug-likeness (QED) is 0.828. The minimum absolute atomic E-state index is 0.571. The lowest BCUT2D eigenvalue weighted by atomic mass is 9.94. The fraction of sp³-hybridized carbons (Fsp3) is 0.737. The van der Waals surface area contributed by atoms with E-state index in [2.05, 4.69) is 35.8 Å². The predicted molar refractivity (Wildman–Crippen MR) is 93.3 cm³/mol. The molecule has 122 valence electrons. The summed E-state index contributed by atoms with van der Waals surface area (Å²) in [7, 11) is 0. The lowest BCUT2D eigenvalue weighted by Gasteiger charge is -2.39. The average Bonchev–Trinajstić information content (AvgIpc) is 2.56. The van der Waals surface area contributed by atoms with Gasteiger partial charge in [-0.3, -0.25) is 4.90 Å². The van der Waals surface area contributed by atoms with Gasteiger partial charge in [-0.2, -0.15) is 0 Å². The van der Waals surface area contributed by atoms with Crippen molar-refractivity contribution >= 4 is 5.82 Å². The van der Waals surface area contributed by atoms with Crippen LogP contribution in [0.3, 0.4) is 0 Å². The highest BCUT2D eigenvalue weighted by Gasteiger charge is 2.28. The molecule has 0 amide bonds. The number of rotatable bonds is 4. The van der Waals surface area contributed by atoms with E-state index < -0.39 is 0 Å². The van der Waals surface area contributed by atoms with Gasteiger partial charge < -0.3 is 4.90 Å². The molecule has 0 unspecified atom stereocenters. The maximum atomic E-state index is 4.79. The number of hydrogen-bond acceptors (Lipinski definition) is 3. The van der Waals surface area contributed by atoms with E-state index in [0.29, 0.717) is 6.04 Å². The first kappa shape index (κ1) is 15.8. The molecule has 3 rings (SSSR count). The van der Waals surface area contributed by atoms with Crippen LogP contribution >= 0.6 is 0 Å². The maximum Gasteiger partial charge on any atom is 0.133 e. The molecule has 22 heavy (non-hydrogen) atoms. The van der Waals surface area contributed by atoms with E-state index >= 15 is 0 Å². The van der Waals surface area contributed by atoms with Crippen LogP contribution in [0.25, 0.3) is 0 Å². The fourth-order valence-corrected chi connectivity index (χ4v) is 4.07. The van der Waals surface area contributed by atoms with Crippen LogP contribution < -0.4 is 4.90 Å². The zero-order valence-electron chi connectivity index (χ0n) is 14.3. The lowest BCUT2D eigenvalue weighted by Crippen LogP contribution is -2.38. The van der Waals surface area contributed by atoms with Gasteiger partial charge in [0.25, 0.3) is 0 Å². The Morgan fingerprint density at radius 2 is 1.86 bits per heavy atom. The molecular weight excluding hydrogens is 270 g/mol. The highest BCUT2D eigenvalue weighted by molar-refractivity contribution is 5.49. The van der Waals surface area contributed by atoms with Crippen molar-refractivity contribution in [2.24, 2.45) is 5.92 Å². The van der Waals surface area contributed by atoms with Crippen molar-refractivity contribution in [2.75, 3.05) is 31.1 Å². The molecule has 0 radical (unpaired) electrons. The molecule has 1 atom stereocenters. The van der Waals surface area contributed by atoms with Crippen LogP contribution in [0.1, 0.15) is 64.0 Å². The number of pyridine rings is 1. The van der Waals surface area contributed by atoms with Crippen LogP contribution in [0, 0.1) is 5.92 Å². The molecule has 0 aromatic carbocycles. The normalized spacial score (nSPS) is 24.0. The third-order valence-electron chi connectivity index (χ3n) is 5.04. The predicted octanol–water partition coefficient (Wildman–Crippen LogP) is 4.25. The minimum Gasteiger partial charge on any atom is -0.356 e. The Labute approximate surface area is 135 Å². The summed E-state index contributed by atoms with van der Waals surface area (Å²) in [5.74, 6) is 2.00. The van der Waals surface area contributed by atoms with Gasteiger partial charge in [-0.05, 0) is 50.6 Å². The zero-order chi connectivity index (χ0) is 15.4. The van der Waals surface area contributed by atoms with Gasteiger partial charge in [0.2, 0.25) is 0 Å². The van der Waals surface area contributed by atoms with Gasteiger partial charge in [0.05, 0.1) is 0 Å².